The highest BCUT2D eigenvalue weighted by Crippen LogP contribution is 2.31. The number of Topliss-reactive ketones (excluding diaryl/α,β-unsaturated/α-hetero) is 1. The summed E-state index contributed by atoms with van der Waals surface area (Å²) in [5.74, 6) is 1.60. The van der Waals surface area contributed by atoms with Gasteiger partial charge in [-0.05, 0) is 42.8 Å². The van der Waals surface area contributed by atoms with Gasteiger partial charge in [-0.2, -0.15) is 8.42 Å². The number of carbonyl (C=O) groups is 1. The second-order valence-electron chi connectivity index (χ2n) is 6.69. The number of benzene rings is 2. The van der Waals surface area contributed by atoms with Crippen LogP contribution in [0.3, 0.4) is 0 Å². The van der Waals surface area contributed by atoms with Gasteiger partial charge in [0.05, 0.1) is 17.3 Å². The smallest absolute Gasteiger partial charge is 0.264 e. The number of aromatic nitrogens is 2. The molecule has 0 fully saturated rings. The van der Waals surface area contributed by atoms with Crippen LogP contribution in [0.25, 0.3) is 22.4 Å². The Morgan fingerprint density at radius 1 is 1.11 bits per heavy atom. The first-order chi connectivity index (χ1) is 13.4. The number of hydrogen-bond acceptors (Lipinski definition) is 6. The van der Waals surface area contributed by atoms with Crippen LogP contribution in [0.5, 0.6) is 5.75 Å². The molecule has 1 aliphatic rings. The lowest BCUT2D eigenvalue weighted by Crippen LogP contribution is -2.11. The molecule has 2 heterocycles. The van der Waals surface area contributed by atoms with Crippen LogP contribution < -0.4 is 4.74 Å². The van der Waals surface area contributed by atoms with Gasteiger partial charge in [-0.1, -0.05) is 6.07 Å². The Labute approximate surface area is 163 Å². The normalized spacial score (nSPS) is 14.2. The molecular formula is C20H20N2O5S. The molecule has 146 valence electrons. The monoisotopic (exact) mass is 400 g/mol. The summed E-state index contributed by atoms with van der Waals surface area (Å²) in [6.07, 6.45) is 2.33. The number of ketones is 1. The Morgan fingerprint density at radius 3 is 2.64 bits per heavy atom. The van der Waals surface area contributed by atoms with Crippen molar-refractivity contribution >= 4 is 26.9 Å². The Balaban J connectivity index is 1.58. The van der Waals surface area contributed by atoms with Crippen LogP contribution in [0.2, 0.25) is 0 Å². The topological polar surface area (TPSA) is 87.5 Å². The van der Waals surface area contributed by atoms with Gasteiger partial charge in [-0.3, -0.25) is 8.98 Å². The summed E-state index contributed by atoms with van der Waals surface area (Å²) in [5, 5.41) is 0. The lowest BCUT2D eigenvalue weighted by atomic mass is 10.1. The molecule has 8 heteroatoms. The van der Waals surface area contributed by atoms with Gasteiger partial charge in [0.1, 0.15) is 24.8 Å². The number of nitrogens with zero attached hydrogens (tertiary/aromatic N) is 2. The highest BCUT2D eigenvalue weighted by Gasteiger charge is 2.21. The predicted octanol–water partition coefficient (Wildman–Crippen LogP) is 3.03. The van der Waals surface area contributed by atoms with Gasteiger partial charge < -0.3 is 9.30 Å². The molecule has 0 amide bonds. The minimum absolute atomic E-state index is 0.0345. The number of hydrogen-bond donors (Lipinski definition) is 0. The van der Waals surface area contributed by atoms with Crippen molar-refractivity contribution < 1.29 is 22.1 Å². The van der Waals surface area contributed by atoms with E-state index in [4.69, 9.17) is 9.72 Å². The summed E-state index contributed by atoms with van der Waals surface area (Å²) in [7, 11) is -3.46. The summed E-state index contributed by atoms with van der Waals surface area (Å²) < 4.78 is 34.2. The van der Waals surface area contributed by atoms with Crippen molar-refractivity contribution in [3.63, 3.8) is 0 Å². The SMILES string of the molecule is CS(=O)(=O)OCCOc1ccc(-c2nc3cccc4c3n2CCCC4=O)cc1. The van der Waals surface area contributed by atoms with Gasteiger partial charge >= 0.3 is 0 Å². The molecular weight excluding hydrogens is 380 g/mol. The molecule has 0 aliphatic carbocycles. The maximum atomic E-state index is 12.4. The third-order valence-electron chi connectivity index (χ3n) is 4.61. The molecule has 0 N–H and O–H groups in total. The maximum absolute atomic E-state index is 12.4. The molecule has 0 bridgehead atoms. The highest BCUT2D eigenvalue weighted by atomic mass is 32.2. The molecule has 0 spiro atoms. The summed E-state index contributed by atoms with van der Waals surface area (Å²) in [4.78, 5) is 17.1. The molecule has 0 saturated heterocycles. The van der Waals surface area contributed by atoms with Crippen LogP contribution in [-0.4, -0.2) is 43.2 Å². The van der Waals surface area contributed by atoms with Gasteiger partial charge in [-0.25, -0.2) is 4.98 Å². The number of para-hydroxylation sites is 1. The number of imidazole rings is 1. The fourth-order valence-electron chi connectivity index (χ4n) is 3.43. The fourth-order valence-corrected chi connectivity index (χ4v) is 3.80. The average Bonchev–Trinajstić information content (AvgIpc) is 2.94. The zero-order chi connectivity index (χ0) is 19.7. The van der Waals surface area contributed by atoms with E-state index in [9.17, 15) is 13.2 Å². The minimum Gasteiger partial charge on any atom is -0.491 e. The Kier molecular flexibility index (Phi) is 4.91. The van der Waals surface area contributed by atoms with Gasteiger partial charge in [-0.15, -0.1) is 0 Å². The second-order valence-corrected chi connectivity index (χ2v) is 8.33. The lowest BCUT2D eigenvalue weighted by molar-refractivity contribution is 0.0982. The zero-order valence-electron chi connectivity index (χ0n) is 15.4. The average molecular weight is 400 g/mol. The van der Waals surface area contributed by atoms with Crippen molar-refractivity contribution in [2.75, 3.05) is 19.5 Å². The van der Waals surface area contributed by atoms with Crippen LogP contribution in [0, 0.1) is 0 Å². The first-order valence-corrected chi connectivity index (χ1v) is 10.8. The molecule has 0 atom stereocenters. The van der Waals surface area contributed by atoms with Crippen LogP contribution in [0.4, 0.5) is 0 Å². The second kappa shape index (κ2) is 7.37. The van der Waals surface area contributed by atoms with Crippen molar-refractivity contribution in [3.05, 3.63) is 48.0 Å². The van der Waals surface area contributed by atoms with E-state index in [1.807, 2.05) is 42.5 Å². The zero-order valence-corrected chi connectivity index (χ0v) is 16.2. The van der Waals surface area contributed by atoms with Gasteiger partial charge in [0.2, 0.25) is 0 Å². The van der Waals surface area contributed by atoms with E-state index in [0.717, 1.165) is 47.2 Å². The van der Waals surface area contributed by atoms with Gasteiger partial charge in [0, 0.05) is 24.1 Å². The molecule has 4 rings (SSSR count). The van der Waals surface area contributed by atoms with Crippen molar-refractivity contribution in [2.24, 2.45) is 0 Å². The largest absolute Gasteiger partial charge is 0.491 e. The summed E-state index contributed by atoms with van der Waals surface area (Å²) in [6.45, 7) is 0.846. The number of carbonyl (C=O) groups excluding carboxylic acids is 1. The van der Waals surface area contributed by atoms with Crippen LogP contribution >= 0.6 is 0 Å². The van der Waals surface area contributed by atoms with E-state index in [1.165, 1.54) is 0 Å². The highest BCUT2D eigenvalue weighted by molar-refractivity contribution is 7.85. The molecule has 7 nitrogen and oxygen atoms in total. The van der Waals surface area contributed by atoms with E-state index < -0.39 is 10.1 Å². The molecule has 1 aromatic heterocycles. The van der Waals surface area contributed by atoms with E-state index in [0.29, 0.717) is 12.2 Å². The Morgan fingerprint density at radius 2 is 1.89 bits per heavy atom. The van der Waals surface area contributed by atoms with Crippen molar-refractivity contribution in [3.8, 4) is 17.1 Å². The van der Waals surface area contributed by atoms with Crippen molar-refractivity contribution in [2.45, 2.75) is 19.4 Å². The molecule has 0 saturated carbocycles. The minimum atomic E-state index is -3.46. The Hall–Kier alpha value is -2.71. The maximum Gasteiger partial charge on any atom is 0.264 e. The molecule has 2 aromatic carbocycles. The van der Waals surface area contributed by atoms with E-state index >= 15 is 0 Å². The van der Waals surface area contributed by atoms with E-state index in [2.05, 4.69) is 8.75 Å². The first kappa shape index (κ1) is 18.6. The van der Waals surface area contributed by atoms with Crippen molar-refractivity contribution in [1.82, 2.24) is 9.55 Å². The van der Waals surface area contributed by atoms with Crippen molar-refractivity contribution in [1.29, 1.82) is 0 Å². The number of ether oxygens (including phenoxy) is 1. The van der Waals surface area contributed by atoms with E-state index in [1.54, 1.807) is 0 Å². The number of rotatable bonds is 6. The first-order valence-electron chi connectivity index (χ1n) is 9.02. The van der Waals surface area contributed by atoms with Crippen LogP contribution in [0.15, 0.2) is 42.5 Å². The molecule has 28 heavy (non-hydrogen) atoms. The molecule has 1 aliphatic heterocycles. The third-order valence-corrected chi connectivity index (χ3v) is 5.21. The molecule has 0 radical (unpaired) electrons. The molecule has 3 aromatic rings. The fraction of sp³-hybridized carbons (Fsp3) is 0.300. The Bertz CT molecular complexity index is 1130. The summed E-state index contributed by atoms with van der Waals surface area (Å²) >= 11 is 0. The molecule has 0 unspecified atom stereocenters. The van der Waals surface area contributed by atoms with Crippen LogP contribution in [-0.2, 0) is 20.8 Å². The predicted molar refractivity (Wildman–Crippen MR) is 105 cm³/mol. The van der Waals surface area contributed by atoms with E-state index in [-0.39, 0.29) is 19.0 Å². The van der Waals surface area contributed by atoms with Gasteiger partial charge in [0.25, 0.3) is 10.1 Å². The van der Waals surface area contributed by atoms with Gasteiger partial charge in [0.15, 0.2) is 5.78 Å². The lowest BCUT2D eigenvalue weighted by Gasteiger charge is -2.09. The standard InChI is InChI=1S/C20H20N2O5S/c1-28(24,25)27-13-12-26-15-9-7-14(8-10-15)20-21-17-5-2-4-16-18(23)6-3-11-22(20)19(16)17/h2,4-5,7-10H,3,6,11-13H2,1H3. The summed E-state index contributed by atoms with van der Waals surface area (Å²) in [6, 6.07) is 13.1. The quantitative estimate of drug-likeness (QED) is 0.467. The third kappa shape index (κ3) is 3.79. The van der Waals surface area contributed by atoms with Crippen LogP contribution in [0.1, 0.15) is 23.2 Å². The number of aryl methyl sites for hydroxylation is 1. The summed E-state index contributed by atoms with van der Waals surface area (Å²) in [5.41, 5.74) is 3.38.